The van der Waals surface area contributed by atoms with E-state index in [9.17, 15) is 4.79 Å². The maximum Gasteiger partial charge on any atom is 0.230 e. The quantitative estimate of drug-likeness (QED) is 0.734. The van der Waals surface area contributed by atoms with Crippen LogP contribution in [0.4, 0.5) is 0 Å². The Morgan fingerprint density at radius 1 is 1.41 bits per heavy atom. The van der Waals surface area contributed by atoms with Crippen LogP contribution >= 0.6 is 24.2 Å². The van der Waals surface area contributed by atoms with Crippen LogP contribution in [0.2, 0.25) is 0 Å². The van der Waals surface area contributed by atoms with Gasteiger partial charge in [0.2, 0.25) is 5.91 Å². The minimum Gasteiger partial charge on any atom is -0.352 e. The van der Waals surface area contributed by atoms with E-state index in [4.69, 9.17) is 5.73 Å². The van der Waals surface area contributed by atoms with Crippen LogP contribution in [0.25, 0.3) is 0 Å². The van der Waals surface area contributed by atoms with Gasteiger partial charge in [0.1, 0.15) is 0 Å². The molecule has 5 heteroatoms. The smallest absolute Gasteiger partial charge is 0.230 e. The highest BCUT2D eigenvalue weighted by atomic mass is 35.5. The van der Waals surface area contributed by atoms with E-state index in [0.717, 1.165) is 18.6 Å². The van der Waals surface area contributed by atoms with Gasteiger partial charge in [-0.2, -0.15) is 11.8 Å². The zero-order chi connectivity index (χ0) is 11.8. The van der Waals surface area contributed by atoms with Crippen molar-refractivity contribution < 1.29 is 4.79 Å². The maximum absolute atomic E-state index is 11.7. The van der Waals surface area contributed by atoms with Gasteiger partial charge in [-0.1, -0.05) is 19.8 Å². The third kappa shape index (κ3) is 6.53. The molecule has 3 N–H and O–H groups in total. The number of rotatable bonds is 6. The molecule has 0 bridgehead atoms. The van der Waals surface area contributed by atoms with E-state index in [1.165, 1.54) is 19.3 Å². The first-order valence-electron chi connectivity index (χ1n) is 6.35. The average Bonchev–Trinajstić information content (AvgIpc) is 2.30. The summed E-state index contributed by atoms with van der Waals surface area (Å²) in [6.45, 7) is 2.84. The molecule has 0 heterocycles. The van der Waals surface area contributed by atoms with Crippen LogP contribution in [0.1, 0.15) is 39.0 Å². The number of hydrogen-bond donors (Lipinski definition) is 2. The van der Waals surface area contributed by atoms with Crippen LogP contribution < -0.4 is 11.1 Å². The highest BCUT2D eigenvalue weighted by Gasteiger charge is 2.24. The van der Waals surface area contributed by atoms with Crippen molar-refractivity contribution in [1.29, 1.82) is 0 Å². The summed E-state index contributed by atoms with van der Waals surface area (Å²) >= 11 is 1.72. The molecule has 1 amide bonds. The van der Waals surface area contributed by atoms with Crippen LogP contribution in [0.15, 0.2) is 0 Å². The summed E-state index contributed by atoms with van der Waals surface area (Å²) in [5.41, 5.74) is 5.73. The predicted molar refractivity (Wildman–Crippen MR) is 77.8 cm³/mol. The van der Waals surface area contributed by atoms with E-state index in [2.05, 4.69) is 12.2 Å². The lowest BCUT2D eigenvalue weighted by atomic mass is 9.84. The van der Waals surface area contributed by atoms with E-state index in [-0.39, 0.29) is 18.3 Å². The molecule has 1 aliphatic carbocycles. The van der Waals surface area contributed by atoms with Gasteiger partial charge in [-0.15, -0.1) is 12.4 Å². The Morgan fingerprint density at radius 3 is 2.76 bits per heavy atom. The second-order valence-electron chi connectivity index (χ2n) is 4.51. The molecule has 1 rings (SSSR count). The van der Waals surface area contributed by atoms with E-state index < -0.39 is 0 Å². The van der Waals surface area contributed by atoms with E-state index in [1.807, 2.05) is 0 Å². The van der Waals surface area contributed by atoms with Crippen molar-refractivity contribution in [3.05, 3.63) is 0 Å². The van der Waals surface area contributed by atoms with Gasteiger partial charge in [0.05, 0.1) is 5.75 Å². The Morgan fingerprint density at radius 2 is 2.12 bits per heavy atom. The molecule has 2 unspecified atom stereocenters. The van der Waals surface area contributed by atoms with Gasteiger partial charge in [-0.3, -0.25) is 4.79 Å². The summed E-state index contributed by atoms with van der Waals surface area (Å²) in [5.74, 6) is 2.35. The summed E-state index contributed by atoms with van der Waals surface area (Å²) in [6.07, 6.45) is 5.89. The lowest BCUT2D eigenvalue weighted by molar-refractivity contribution is -0.119. The van der Waals surface area contributed by atoms with Gasteiger partial charge in [0, 0.05) is 6.04 Å². The molecule has 0 aromatic carbocycles. The summed E-state index contributed by atoms with van der Waals surface area (Å²) in [5, 5.41) is 3.14. The first-order valence-corrected chi connectivity index (χ1v) is 7.50. The standard InChI is InChI=1S/C12H24N2OS.ClH/c1-2-7-16-9-12(15)14-11-6-4-3-5-10(11)8-13;/h10-11H,2-9,13H2,1H3,(H,14,15);1H. The molecule has 17 heavy (non-hydrogen) atoms. The highest BCUT2D eigenvalue weighted by Crippen LogP contribution is 2.23. The van der Waals surface area contributed by atoms with Crippen LogP contribution in [0.3, 0.4) is 0 Å². The van der Waals surface area contributed by atoms with E-state index in [1.54, 1.807) is 11.8 Å². The number of thioether (sulfide) groups is 1. The fourth-order valence-electron chi connectivity index (χ4n) is 2.24. The van der Waals surface area contributed by atoms with Gasteiger partial charge in [-0.25, -0.2) is 0 Å². The molecule has 0 saturated heterocycles. The van der Waals surface area contributed by atoms with Gasteiger partial charge < -0.3 is 11.1 Å². The SMILES string of the molecule is CCCSCC(=O)NC1CCCCC1CN.Cl. The Bertz CT molecular complexity index is 217. The molecule has 0 aliphatic heterocycles. The lowest BCUT2D eigenvalue weighted by Gasteiger charge is -2.31. The molecule has 3 nitrogen and oxygen atoms in total. The van der Waals surface area contributed by atoms with Gasteiger partial charge >= 0.3 is 0 Å². The fourth-order valence-corrected chi connectivity index (χ4v) is 2.94. The third-order valence-electron chi connectivity index (χ3n) is 3.14. The Balaban J connectivity index is 0.00000256. The Labute approximate surface area is 115 Å². The first-order chi connectivity index (χ1) is 7.77. The Hall–Kier alpha value is 0.0700. The van der Waals surface area contributed by atoms with Crippen molar-refractivity contribution in [1.82, 2.24) is 5.32 Å². The zero-order valence-corrected chi connectivity index (χ0v) is 12.2. The lowest BCUT2D eigenvalue weighted by Crippen LogP contribution is -2.45. The molecular formula is C12H25ClN2OS. The number of carbonyl (C=O) groups excluding carboxylic acids is 1. The summed E-state index contributed by atoms with van der Waals surface area (Å²) in [7, 11) is 0. The van der Waals surface area contributed by atoms with Crippen molar-refractivity contribution >= 4 is 30.1 Å². The van der Waals surface area contributed by atoms with E-state index >= 15 is 0 Å². The zero-order valence-electron chi connectivity index (χ0n) is 10.6. The second kappa shape index (κ2) is 10.0. The van der Waals surface area contributed by atoms with Crippen molar-refractivity contribution in [2.24, 2.45) is 11.7 Å². The van der Waals surface area contributed by atoms with Crippen molar-refractivity contribution in [3.8, 4) is 0 Å². The molecular weight excluding hydrogens is 256 g/mol. The minimum absolute atomic E-state index is 0. The number of carbonyl (C=O) groups is 1. The predicted octanol–water partition coefficient (Wildman–Crippen LogP) is 2.19. The monoisotopic (exact) mass is 280 g/mol. The minimum atomic E-state index is 0. The summed E-state index contributed by atoms with van der Waals surface area (Å²) < 4.78 is 0. The molecule has 0 aromatic heterocycles. The number of nitrogens with one attached hydrogen (secondary N) is 1. The number of nitrogens with two attached hydrogens (primary N) is 1. The molecule has 102 valence electrons. The Kier molecular flexibility index (Phi) is 10.1. The molecule has 0 radical (unpaired) electrons. The van der Waals surface area contributed by atoms with Crippen LogP contribution in [-0.4, -0.2) is 30.0 Å². The number of halogens is 1. The van der Waals surface area contributed by atoms with Gasteiger partial charge in [0.25, 0.3) is 0 Å². The summed E-state index contributed by atoms with van der Waals surface area (Å²) in [6, 6.07) is 0.327. The van der Waals surface area contributed by atoms with Crippen LogP contribution in [0.5, 0.6) is 0 Å². The van der Waals surface area contributed by atoms with Crippen LogP contribution in [0, 0.1) is 5.92 Å². The maximum atomic E-state index is 11.7. The molecule has 2 atom stereocenters. The number of amides is 1. The first kappa shape index (κ1) is 17.1. The van der Waals surface area contributed by atoms with Crippen LogP contribution in [-0.2, 0) is 4.79 Å². The topological polar surface area (TPSA) is 55.1 Å². The number of hydrogen-bond acceptors (Lipinski definition) is 3. The molecule has 1 saturated carbocycles. The average molecular weight is 281 g/mol. The molecule has 1 aliphatic rings. The van der Waals surface area contributed by atoms with Crippen molar-refractivity contribution in [3.63, 3.8) is 0 Å². The third-order valence-corrected chi connectivity index (χ3v) is 4.30. The highest BCUT2D eigenvalue weighted by molar-refractivity contribution is 7.99. The largest absolute Gasteiger partial charge is 0.352 e. The van der Waals surface area contributed by atoms with Crippen molar-refractivity contribution in [2.45, 2.75) is 45.1 Å². The normalized spacial score (nSPS) is 23.9. The van der Waals surface area contributed by atoms with Gasteiger partial charge in [0.15, 0.2) is 0 Å². The molecule has 0 spiro atoms. The fraction of sp³-hybridized carbons (Fsp3) is 0.917. The molecule has 1 fully saturated rings. The second-order valence-corrected chi connectivity index (χ2v) is 5.61. The molecule has 0 aromatic rings. The van der Waals surface area contributed by atoms with E-state index in [0.29, 0.717) is 24.3 Å². The van der Waals surface area contributed by atoms with Gasteiger partial charge in [-0.05, 0) is 37.5 Å². The van der Waals surface area contributed by atoms with Crippen molar-refractivity contribution in [2.75, 3.05) is 18.1 Å². The summed E-state index contributed by atoms with van der Waals surface area (Å²) in [4.78, 5) is 11.7.